The Morgan fingerprint density at radius 1 is 1.75 bits per heavy atom. The summed E-state index contributed by atoms with van der Waals surface area (Å²) in [6.45, 7) is 7.58. The lowest BCUT2D eigenvalue weighted by molar-refractivity contribution is 0.103. The van der Waals surface area contributed by atoms with Gasteiger partial charge < -0.3 is 5.11 Å². The van der Waals surface area contributed by atoms with Gasteiger partial charge in [0.15, 0.2) is 0 Å². The van der Waals surface area contributed by atoms with Crippen LogP contribution in [0, 0.1) is 0 Å². The van der Waals surface area contributed by atoms with Crippen molar-refractivity contribution in [3.63, 3.8) is 0 Å². The Morgan fingerprint density at radius 2 is 2.42 bits per heavy atom. The quantitative estimate of drug-likeness (QED) is 0.636. The van der Waals surface area contributed by atoms with Crippen molar-refractivity contribution in [2.75, 3.05) is 0 Å². The molecule has 1 heteroatoms. The molecule has 0 saturated carbocycles. The molecule has 0 radical (unpaired) electrons. The van der Waals surface area contributed by atoms with E-state index in [-0.39, 0.29) is 0 Å². The standard InChI is InChI=1S/C11H16O/c1-9(2)8-11(3,12)10-6-4-5-7-10/h4,6-7,12H,1,5,8H2,2-3H3. The Kier molecular flexibility index (Phi) is 2.53. The number of rotatable bonds is 3. The van der Waals surface area contributed by atoms with E-state index in [0.29, 0.717) is 6.42 Å². The van der Waals surface area contributed by atoms with Gasteiger partial charge in [-0.25, -0.2) is 0 Å². The van der Waals surface area contributed by atoms with Gasteiger partial charge in [-0.1, -0.05) is 23.8 Å². The molecule has 12 heavy (non-hydrogen) atoms. The Labute approximate surface area is 74.1 Å². The van der Waals surface area contributed by atoms with Crippen molar-refractivity contribution in [1.82, 2.24) is 0 Å². The van der Waals surface area contributed by atoms with Crippen molar-refractivity contribution >= 4 is 0 Å². The molecule has 66 valence electrons. The second kappa shape index (κ2) is 3.28. The predicted molar refractivity (Wildman–Crippen MR) is 51.9 cm³/mol. The molecule has 0 aliphatic heterocycles. The third-order valence-electron chi connectivity index (χ3n) is 2.04. The van der Waals surface area contributed by atoms with Crippen LogP contribution in [0.2, 0.25) is 0 Å². The molecule has 1 aliphatic carbocycles. The minimum Gasteiger partial charge on any atom is -0.385 e. The van der Waals surface area contributed by atoms with Gasteiger partial charge in [0.05, 0.1) is 5.60 Å². The molecule has 0 amide bonds. The molecule has 1 unspecified atom stereocenters. The van der Waals surface area contributed by atoms with E-state index >= 15 is 0 Å². The van der Waals surface area contributed by atoms with E-state index in [2.05, 4.69) is 18.7 Å². The van der Waals surface area contributed by atoms with Gasteiger partial charge in [0.25, 0.3) is 0 Å². The average Bonchev–Trinajstić information content (AvgIpc) is 2.32. The maximum atomic E-state index is 10.0. The first-order chi connectivity index (χ1) is 5.52. The van der Waals surface area contributed by atoms with Gasteiger partial charge in [-0.05, 0) is 25.8 Å². The van der Waals surface area contributed by atoms with Crippen LogP contribution in [0.25, 0.3) is 0 Å². The van der Waals surface area contributed by atoms with Crippen molar-refractivity contribution < 1.29 is 5.11 Å². The zero-order chi connectivity index (χ0) is 9.19. The Balaban J connectivity index is 2.70. The molecule has 1 N–H and O–H groups in total. The SMILES string of the molecule is C=C(C)CC(C)(O)C1=CCC=C1. The van der Waals surface area contributed by atoms with Crippen LogP contribution in [0.3, 0.4) is 0 Å². The van der Waals surface area contributed by atoms with Crippen LogP contribution in [0.15, 0.2) is 36.0 Å². The second-order valence-electron chi connectivity index (χ2n) is 3.71. The molecule has 0 aromatic heterocycles. The number of hydrogen-bond acceptors (Lipinski definition) is 1. The van der Waals surface area contributed by atoms with E-state index < -0.39 is 5.60 Å². The highest BCUT2D eigenvalue weighted by Crippen LogP contribution is 2.27. The molecule has 0 aromatic carbocycles. The fourth-order valence-electron chi connectivity index (χ4n) is 1.55. The molecule has 1 atom stereocenters. The summed E-state index contributed by atoms with van der Waals surface area (Å²) < 4.78 is 0. The van der Waals surface area contributed by atoms with Crippen molar-refractivity contribution in [2.24, 2.45) is 0 Å². The van der Waals surface area contributed by atoms with Crippen molar-refractivity contribution in [1.29, 1.82) is 0 Å². The summed E-state index contributed by atoms with van der Waals surface area (Å²) >= 11 is 0. The van der Waals surface area contributed by atoms with Crippen LogP contribution >= 0.6 is 0 Å². The first kappa shape index (κ1) is 9.27. The highest BCUT2D eigenvalue weighted by molar-refractivity contribution is 5.34. The third kappa shape index (κ3) is 2.08. The molecule has 0 aromatic rings. The van der Waals surface area contributed by atoms with Gasteiger partial charge in [-0.15, -0.1) is 6.58 Å². The van der Waals surface area contributed by atoms with Gasteiger partial charge in [-0.3, -0.25) is 0 Å². The lowest BCUT2D eigenvalue weighted by Crippen LogP contribution is -2.25. The van der Waals surface area contributed by atoms with Crippen LogP contribution in [0.1, 0.15) is 26.7 Å². The summed E-state index contributed by atoms with van der Waals surface area (Å²) in [5.74, 6) is 0. The summed E-state index contributed by atoms with van der Waals surface area (Å²) in [4.78, 5) is 0. The fourth-order valence-corrected chi connectivity index (χ4v) is 1.55. The Hall–Kier alpha value is -0.820. The molecule has 1 rings (SSSR count). The minimum atomic E-state index is -0.723. The van der Waals surface area contributed by atoms with Crippen LogP contribution in [0.5, 0.6) is 0 Å². The zero-order valence-corrected chi connectivity index (χ0v) is 7.80. The van der Waals surface area contributed by atoms with Crippen molar-refractivity contribution in [3.05, 3.63) is 36.0 Å². The third-order valence-corrected chi connectivity index (χ3v) is 2.04. The van der Waals surface area contributed by atoms with E-state index in [0.717, 1.165) is 17.6 Å². The average molecular weight is 164 g/mol. The van der Waals surface area contributed by atoms with Gasteiger partial charge in [0, 0.05) is 6.42 Å². The highest BCUT2D eigenvalue weighted by atomic mass is 16.3. The molecule has 0 fully saturated rings. The second-order valence-corrected chi connectivity index (χ2v) is 3.71. The molecule has 0 spiro atoms. The first-order valence-corrected chi connectivity index (χ1v) is 4.26. The maximum absolute atomic E-state index is 10.0. The van der Waals surface area contributed by atoms with E-state index in [9.17, 15) is 5.11 Å². The van der Waals surface area contributed by atoms with Crippen LogP contribution < -0.4 is 0 Å². The highest BCUT2D eigenvalue weighted by Gasteiger charge is 2.24. The number of aliphatic hydroxyl groups is 1. The molecule has 1 nitrogen and oxygen atoms in total. The molecule has 0 saturated heterocycles. The predicted octanol–water partition coefficient (Wildman–Crippen LogP) is 2.59. The first-order valence-electron chi connectivity index (χ1n) is 4.26. The lowest BCUT2D eigenvalue weighted by Gasteiger charge is -2.23. The van der Waals surface area contributed by atoms with Crippen molar-refractivity contribution in [2.45, 2.75) is 32.3 Å². The smallest absolute Gasteiger partial charge is 0.0902 e. The van der Waals surface area contributed by atoms with E-state index in [1.54, 1.807) is 0 Å². The zero-order valence-electron chi connectivity index (χ0n) is 7.80. The summed E-state index contributed by atoms with van der Waals surface area (Å²) in [7, 11) is 0. The monoisotopic (exact) mass is 164 g/mol. The van der Waals surface area contributed by atoms with E-state index in [1.807, 2.05) is 19.9 Å². The molecule has 0 heterocycles. The molecule has 0 bridgehead atoms. The van der Waals surface area contributed by atoms with Crippen LogP contribution in [-0.2, 0) is 0 Å². The summed E-state index contributed by atoms with van der Waals surface area (Å²) in [5.41, 5.74) is 1.31. The largest absolute Gasteiger partial charge is 0.385 e. The summed E-state index contributed by atoms with van der Waals surface area (Å²) in [6, 6.07) is 0. The Morgan fingerprint density at radius 3 is 2.83 bits per heavy atom. The summed E-state index contributed by atoms with van der Waals surface area (Å²) in [6.07, 6.45) is 7.69. The minimum absolute atomic E-state index is 0.642. The fraction of sp³-hybridized carbons (Fsp3) is 0.455. The topological polar surface area (TPSA) is 20.2 Å². The van der Waals surface area contributed by atoms with Gasteiger partial charge >= 0.3 is 0 Å². The normalized spacial score (nSPS) is 20.4. The van der Waals surface area contributed by atoms with Crippen LogP contribution in [0.4, 0.5) is 0 Å². The molecular formula is C11H16O. The number of hydrogen-bond donors (Lipinski definition) is 1. The van der Waals surface area contributed by atoms with Gasteiger partial charge in [0.1, 0.15) is 0 Å². The van der Waals surface area contributed by atoms with Crippen molar-refractivity contribution in [3.8, 4) is 0 Å². The molecule has 1 aliphatic rings. The molecular weight excluding hydrogens is 148 g/mol. The summed E-state index contributed by atoms with van der Waals surface area (Å²) in [5, 5.41) is 10.0. The van der Waals surface area contributed by atoms with E-state index in [1.165, 1.54) is 0 Å². The van der Waals surface area contributed by atoms with Crippen LogP contribution in [-0.4, -0.2) is 10.7 Å². The van der Waals surface area contributed by atoms with Gasteiger partial charge in [0.2, 0.25) is 0 Å². The lowest BCUT2D eigenvalue weighted by atomic mass is 9.90. The van der Waals surface area contributed by atoms with Gasteiger partial charge in [-0.2, -0.15) is 0 Å². The number of allylic oxidation sites excluding steroid dienone is 2. The van der Waals surface area contributed by atoms with E-state index in [4.69, 9.17) is 0 Å². The Bertz CT molecular complexity index is 244. The maximum Gasteiger partial charge on any atom is 0.0902 e.